The second kappa shape index (κ2) is 7.45. The van der Waals surface area contributed by atoms with Crippen molar-refractivity contribution >= 4 is 11.6 Å². The number of rotatable bonds is 5. The van der Waals surface area contributed by atoms with Crippen LogP contribution < -0.4 is 0 Å². The zero-order chi connectivity index (χ0) is 16.2. The Morgan fingerprint density at radius 1 is 1.30 bits per heavy atom. The number of morpholine rings is 1. The third-order valence-electron chi connectivity index (χ3n) is 3.82. The molecule has 5 nitrogen and oxygen atoms in total. The number of benzene rings is 1. The molecule has 1 atom stereocenters. The van der Waals surface area contributed by atoms with Gasteiger partial charge in [-0.05, 0) is 38.4 Å². The first-order valence-electron chi connectivity index (χ1n) is 7.79. The number of nitrogens with zero attached hydrogens (tertiary/aromatic N) is 3. The number of hydrogen-bond acceptors (Lipinski definition) is 5. The van der Waals surface area contributed by atoms with Crippen LogP contribution in [-0.4, -0.2) is 61.2 Å². The summed E-state index contributed by atoms with van der Waals surface area (Å²) in [6.07, 6.45) is 1.99. The summed E-state index contributed by atoms with van der Waals surface area (Å²) >= 11 is 5.91. The van der Waals surface area contributed by atoms with E-state index in [9.17, 15) is 0 Å². The van der Waals surface area contributed by atoms with Crippen molar-refractivity contribution in [1.82, 2.24) is 14.8 Å². The van der Waals surface area contributed by atoms with Gasteiger partial charge in [0.2, 0.25) is 5.89 Å². The zero-order valence-electron chi connectivity index (χ0n) is 13.5. The molecule has 0 saturated carbocycles. The van der Waals surface area contributed by atoms with Crippen LogP contribution in [0.1, 0.15) is 5.69 Å². The van der Waals surface area contributed by atoms with Crippen LogP contribution in [0.5, 0.6) is 0 Å². The molecular weight excluding hydrogens is 314 g/mol. The minimum atomic E-state index is 0.251. The molecule has 0 bridgehead atoms. The summed E-state index contributed by atoms with van der Waals surface area (Å²) in [5, 5.41) is 0.709. The minimum absolute atomic E-state index is 0.251. The van der Waals surface area contributed by atoms with Gasteiger partial charge < -0.3 is 14.1 Å². The Kier molecular flexibility index (Phi) is 5.33. The molecule has 1 aromatic carbocycles. The fourth-order valence-electron chi connectivity index (χ4n) is 2.78. The van der Waals surface area contributed by atoms with Gasteiger partial charge in [-0.25, -0.2) is 4.98 Å². The van der Waals surface area contributed by atoms with E-state index in [0.717, 1.165) is 44.0 Å². The van der Waals surface area contributed by atoms with E-state index < -0.39 is 0 Å². The quantitative estimate of drug-likeness (QED) is 0.840. The monoisotopic (exact) mass is 335 g/mol. The summed E-state index contributed by atoms with van der Waals surface area (Å²) in [6, 6.07) is 7.52. The van der Waals surface area contributed by atoms with Crippen LogP contribution >= 0.6 is 11.6 Å². The average Bonchev–Trinajstić information content (AvgIpc) is 2.96. The highest BCUT2D eigenvalue weighted by Crippen LogP contribution is 2.21. The summed E-state index contributed by atoms with van der Waals surface area (Å²) in [4.78, 5) is 9.11. The van der Waals surface area contributed by atoms with E-state index in [2.05, 4.69) is 28.9 Å². The standard InChI is InChI=1S/C17H22ClN3O2/c1-20(2)10-16-11-21(7-8-22-16)9-15-12-23-17(19-15)13-3-5-14(18)6-4-13/h3-6,12,16H,7-11H2,1-2H3/t16-/m1/s1. The van der Waals surface area contributed by atoms with Crippen molar-refractivity contribution in [3.05, 3.63) is 41.2 Å². The van der Waals surface area contributed by atoms with Gasteiger partial charge in [0, 0.05) is 36.8 Å². The SMILES string of the molecule is CN(C)C[C@@H]1CN(Cc2coc(-c3ccc(Cl)cc3)n2)CCO1. The third-order valence-corrected chi connectivity index (χ3v) is 4.07. The van der Waals surface area contributed by atoms with Crippen LogP contribution in [0.2, 0.25) is 5.02 Å². The third kappa shape index (κ3) is 4.54. The second-order valence-electron chi connectivity index (χ2n) is 6.14. The van der Waals surface area contributed by atoms with Gasteiger partial charge in [0.05, 0.1) is 18.4 Å². The maximum absolute atomic E-state index is 5.91. The van der Waals surface area contributed by atoms with E-state index in [1.165, 1.54) is 0 Å². The summed E-state index contributed by atoms with van der Waals surface area (Å²) < 4.78 is 11.4. The van der Waals surface area contributed by atoms with Crippen molar-refractivity contribution in [3.8, 4) is 11.5 Å². The molecule has 23 heavy (non-hydrogen) atoms. The van der Waals surface area contributed by atoms with Crippen molar-refractivity contribution in [2.45, 2.75) is 12.6 Å². The van der Waals surface area contributed by atoms with Crippen LogP contribution in [-0.2, 0) is 11.3 Å². The number of hydrogen-bond donors (Lipinski definition) is 0. The van der Waals surface area contributed by atoms with Crippen LogP contribution in [0.15, 0.2) is 34.9 Å². The summed E-state index contributed by atoms with van der Waals surface area (Å²) in [6.45, 7) is 4.32. The Labute approximate surface area is 141 Å². The van der Waals surface area contributed by atoms with Crippen molar-refractivity contribution in [2.75, 3.05) is 40.3 Å². The topological polar surface area (TPSA) is 41.7 Å². The Hall–Kier alpha value is -1.40. The van der Waals surface area contributed by atoms with Crippen molar-refractivity contribution in [2.24, 2.45) is 0 Å². The number of halogens is 1. The molecule has 6 heteroatoms. The van der Waals surface area contributed by atoms with Gasteiger partial charge in [-0.15, -0.1) is 0 Å². The van der Waals surface area contributed by atoms with Crippen LogP contribution in [0, 0.1) is 0 Å². The normalized spacial score (nSPS) is 19.4. The highest BCUT2D eigenvalue weighted by Gasteiger charge is 2.22. The molecule has 0 aliphatic carbocycles. The lowest BCUT2D eigenvalue weighted by molar-refractivity contribution is -0.0410. The first-order chi connectivity index (χ1) is 11.1. The highest BCUT2D eigenvalue weighted by molar-refractivity contribution is 6.30. The van der Waals surface area contributed by atoms with E-state index in [4.69, 9.17) is 20.8 Å². The molecule has 1 saturated heterocycles. The molecular formula is C17H22ClN3O2. The van der Waals surface area contributed by atoms with Gasteiger partial charge in [-0.1, -0.05) is 11.6 Å². The fraction of sp³-hybridized carbons (Fsp3) is 0.471. The van der Waals surface area contributed by atoms with E-state index >= 15 is 0 Å². The molecule has 1 aliphatic rings. The molecule has 0 radical (unpaired) electrons. The fourth-order valence-corrected chi connectivity index (χ4v) is 2.90. The molecule has 0 amide bonds. The Morgan fingerprint density at radius 2 is 2.09 bits per heavy atom. The minimum Gasteiger partial charge on any atom is -0.444 e. The molecule has 0 spiro atoms. The molecule has 2 heterocycles. The molecule has 124 valence electrons. The number of aromatic nitrogens is 1. The smallest absolute Gasteiger partial charge is 0.226 e. The maximum atomic E-state index is 5.91. The zero-order valence-corrected chi connectivity index (χ0v) is 14.3. The number of likely N-dealkylation sites (N-methyl/N-ethyl adjacent to an activating group) is 1. The summed E-state index contributed by atoms with van der Waals surface area (Å²) in [5.74, 6) is 0.634. The van der Waals surface area contributed by atoms with E-state index in [1.54, 1.807) is 6.26 Å². The van der Waals surface area contributed by atoms with Gasteiger partial charge in [0.15, 0.2) is 0 Å². The van der Waals surface area contributed by atoms with Gasteiger partial charge in [0.1, 0.15) is 6.26 Å². The Morgan fingerprint density at radius 3 is 2.83 bits per heavy atom. The van der Waals surface area contributed by atoms with Gasteiger partial charge in [-0.2, -0.15) is 0 Å². The van der Waals surface area contributed by atoms with Crippen molar-refractivity contribution in [1.29, 1.82) is 0 Å². The average molecular weight is 336 g/mol. The predicted octanol–water partition coefficient (Wildman–Crippen LogP) is 2.76. The molecule has 3 rings (SSSR count). The predicted molar refractivity (Wildman–Crippen MR) is 90.5 cm³/mol. The maximum Gasteiger partial charge on any atom is 0.226 e. The first-order valence-corrected chi connectivity index (χ1v) is 8.17. The lowest BCUT2D eigenvalue weighted by atomic mass is 10.2. The van der Waals surface area contributed by atoms with E-state index in [0.29, 0.717) is 10.9 Å². The molecule has 2 aromatic rings. The van der Waals surface area contributed by atoms with Crippen molar-refractivity contribution < 1.29 is 9.15 Å². The lowest BCUT2D eigenvalue weighted by Gasteiger charge is -2.33. The van der Waals surface area contributed by atoms with Crippen LogP contribution in [0.4, 0.5) is 0 Å². The number of oxazole rings is 1. The van der Waals surface area contributed by atoms with Crippen LogP contribution in [0.25, 0.3) is 11.5 Å². The van der Waals surface area contributed by atoms with E-state index in [-0.39, 0.29) is 6.10 Å². The Bertz CT molecular complexity index is 627. The van der Waals surface area contributed by atoms with Gasteiger partial charge in [0.25, 0.3) is 0 Å². The van der Waals surface area contributed by atoms with Crippen LogP contribution in [0.3, 0.4) is 0 Å². The number of ether oxygens (including phenoxy) is 1. The van der Waals surface area contributed by atoms with Crippen molar-refractivity contribution in [3.63, 3.8) is 0 Å². The molecule has 1 aromatic heterocycles. The molecule has 0 N–H and O–H groups in total. The largest absolute Gasteiger partial charge is 0.444 e. The summed E-state index contributed by atoms with van der Waals surface area (Å²) in [7, 11) is 4.14. The molecule has 1 fully saturated rings. The highest BCUT2D eigenvalue weighted by atomic mass is 35.5. The van der Waals surface area contributed by atoms with Gasteiger partial charge in [-0.3, -0.25) is 4.90 Å². The lowest BCUT2D eigenvalue weighted by Crippen LogP contribution is -2.46. The summed E-state index contributed by atoms with van der Waals surface area (Å²) in [5.41, 5.74) is 1.88. The van der Waals surface area contributed by atoms with Gasteiger partial charge >= 0.3 is 0 Å². The molecule has 0 unspecified atom stereocenters. The Balaban J connectivity index is 1.61. The second-order valence-corrected chi connectivity index (χ2v) is 6.58. The van der Waals surface area contributed by atoms with E-state index in [1.807, 2.05) is 24.3 Å². The first kappa shape index (κ1) is 16.5. The molecule has 1 aliphatic heterocycles.